The molecule has 0 atom stereocenters. The van der Waals surface area contributed by atoms with Crippen molar-refractivity contribution in [1.29, 1.82) is 0 Å². The predicted octanol–water partition coefficient (Wildman–Crippen LogP) is 3.37. The van der Waals surface area contributed by atoms with Crippen LogP contribution in [0.3, 0.4) is 0 Å². The Morgan fingerprint density at radius 2 is 1.92 bits per heavy atom. The highest BCUT2D eigenvalue weighted by molar-refractivity contribution is 5.17. The van der Waals surface area contributed by atoms with Crippen molar-refractivity contribution in [2.75, 3.05) is 0 Å². The zero-order valence-electron chi connectivity index (χ0n) is 7.22. The fraction of sp³-hybridized carbons (Fsp3) is 0.364. The van der Waals surface area contributed by atoms with Crippen LogP contribution < -0.4 is 0 Å². The molecule has 0 amide bonds. The third-order valence-electron chi connectivity index (χ3n) is 1.90. The fourth-order valence-corrected chi connectivity index (χ4v) is 1.19. The number of unbranched alkanes of at least 4 members (excludes halogenated alkanes) is 2. The van der Waals surface area contributed by atoms with Gasteiger partial charge in [0.2, 0.25) is 0 Å². The molecule has 0 aliphatic heterocycles. The molecule has 1 heteroatoms. The molecule has 0 spiro atoms. The van der Waals surface area contributed by atoms with Crippen molar-refractivity contribution in [3.05, 3.63) is 42.6 Å². The van der Waals surface area contributed by atoms with Crippen LogP contribution in [-0.2, 0) is 6.42 Å². The average Bonchev–Trinajstić information content (AvgIpc) is 2.09. The normalized spacial score (nSPS) is 10.2. The van der Waals surface area contributed by atoms with Gasteiger partial charge in [0.15, 0.2) is 0 Å². The molecule has 0 N–H and O–H groups in total. The highest BCUT2D eigenvalue weighted by atomic mass is 19.1. The summed E-state index contributed by atoms with van der Waals surface area (Å²) in [6, 6.07) is 6.96. The molecule has 65 valence electrons. The van der Waals surface area contributed by atoms with Crippen molar-refractivity contribution in [3.8, 4) is 0 Å². The van der Waals surface area contributed by atoms with Gasteiger partial charge in [-0.1, -0.05) is 38.0 Å². The predicted molar refractivity (Wildman–Crippen MR) is 49.3 cm³/mol. The van der Waals surface area contributed by atoms with Gasteiger partial charge in [-0.3, -0.25) is 0 Å². The van der Waals surface area contributed by atoms with Crippen molar-refractivity contribution in [1.82, 2.24) is 0 Å². The molecule has 1 radical (unpaired) electrons. The first-order chi connectivity index (χ1) is 5.84. The van der Waals surface area contributed by atoms with Crippen LogP contribution >= 0.6 is 0 Å². The lowest BCUT2D eigenvalue weighted by atomic mass is 10.1. The minimum atomic E-state index is -0.0819. The van der Waals surface area contributed by atoms with E-state index in [4.69, 9.17) is 0 Å². The molecule has 1 aromatic carbocycles. The van der Waals surface area contributed by atoms with Gasteiger partial charge in [-0.05, 0) is 24.5 Å². The van der Waals surface area contributed by atoms with E-state index in [1.54, 1.807) is 6.07 Å². The van der Waals surface area contributed by atoms with Gasteiger partial charge in [-0.2, -0.15) is 0 Å². The van der Waals surface area contributed by atoms with Crippen LogP contribution in [0.5, 0.6) is 0 Å². The quantitative estimate of drug-likeness (QED) is 0.600. The number of aryl methyl sites for hydroxylation is 1. The van der Waals surface area contributed by atoms with Gasteiger partial charge < -0.3 is 0 Å². The maximum absolute atomic E-state index is 13.0. The Balaban J connectivity index is 2.46. The highest BCUT2D eigenvalue weighted by Crippen LogP contribution is 2.10. The van der Waals surface area contributed by atoms with E-state index in [0.29, 0.717) is 0 Å². The van der Waals surface area contributed by atoms with E-state index in [-0.39, 0.29) is 5.82 Å². The number of hydrogen-bond donors (Lipinski definition) is 0. The maximum Gasteiger partial charge on any atom is 0.126 e. The molecule has 0 fully saturated rings. The van der Waals surface area contributed by atoms with Crippen LogP contribution in [0.4, 0.5) is 4.39 Å². The molecule has 0 aromatic heterocycles. The fourth-order valence-electron chi connectivity index (χ4n) is 1.19. The Morgan fingerprint density at radius 3 is 2.58 bits per heavy atom. The van der Waals surface area contributed by atoms with Crippen LogP contribution in [0, 0.1) is 12.7 Å². The van der Waals surface area contributed by atoms with E-state index in [1.165, 1.54) is 6.07 Å². The van der Waals surface area contributed by atoms with E-state index in [0.717, 1.165) is 31.2 Å². The molecular formula is C11H14F. The van der Waals surface area contributed by atoms with Crippen LogP contribution in [0.1, 0.15) is 24.8 Å². The lowest BCUT2D eigenvalue weighted by Gasteiger charge is -2.00. The van der Waals surface area contributed by atoms with E-state index < -0.39 is 0 Å². The smallest absolute Gasteiger partial charge is 0.126 e. The summed E-state index contributed by atoms with van der Waals surface area (Å²) in [5, 5.41) is 0. The van der Waals surface area contributed by atoms with Gasteiger partial charge in [0.1, 0.15) is 5.82 Å². The molecule has 0 nitrogen and oxygen atoms in total. The summed E-state index contributed by atoms with van der Waals surface area (Å²) in [5.74, 6) is -0.0819. The molecule has 0 saturated heterocycles. The molecule has 0 heterocycles. The Labute approximate surface area is 73.4 Å². The zero-order valence-corrected chi connectivity index (χ0v) is 7.22. The third-order valence-corrected chi connectivity index (χ3v) is 1.90. The van der Waals surface area contributed by atoms with Crippen molar-refractivity contribution in [2.24, 2.45) is 0 Å². The van der Waals surface area contributed by atoms with Crippen molar-refractivity contribution in [3.63, 3.8) is 0 Å². The van der Waals surface area contributed by atoms with E-state index in [1.807, 2.05) is 12.1 Å². The zero-order chi connectivity index (χ0) is 8.81. The minimum Gasteiger partial charge on any atom is -0.207 e. The lowest BCUT2D eigenvalue weighted by Crippen LogP contribution is -1.89. The van der Waals surface area contributed by atoms with Gasteiger partial charge >= 0.3 is 0 Å². The first-order valence-electron chi connectivity index (χ1n) is 4.37. The molecule has 1 aromatic rings. The number of hydrogen-bond acceptors (Lipinski definition) is 0. The largest absolute Gasteiger partial charge is 0.207 e. The summed E-state index contributed by atoms with van der Waals surface area (Å²) < 4.78 is 13.0. The Kier molecular flexibility index (Phi) is 3.78. The monoisotopic (exact) mass is 165 g/mol. The maximum atomic E-state index is 13.0. The minimum absolute atomic E-state index is 0.0819. The summed E-state index contributed by atoms with van der Waals surface area (Å²) in [6.45, 7) is 3.75. The van der Waals surface area contributed by atoms with E-state index in [2.05, 4.69) is 6.92 Å². The topological polar surface area (TPSA) is 0 Å². The van der Waals surface area contributed by atoms with Crippen LogP contribution in [0.2, 0.25) is 0 Å². The van der Waals surface area contributed by atoms with Crippen LogP contribution in [0.25, 0.3) is 0 Å². The molecular weight excluding hydrogens is 151 g/mol. The first kappa shape index (κ1) is 9.24. The van der Waals surface area contributed by atoms with Crippen molar-refractivity contribution < 1.29 is 4.39 Å². The Hall–Kier alpha value is -0.850. The number of benzene rings is 1. The highest BCUT2D eigenvalue weighted by Gasteiger charge is 1.98. The summed E-state index contributed by atoms with van der Waals surface area (Å²) in [4.78, 5) is 0. The summed E-state index contributed by atoms with van der Waals surface area (Å²) in [6.07, 6.45) is 3.88. The average molecular weight is 165 g/mol. The molecule has 0 bridgehead atoms. The van der Waals surface area contributed by atoms with Gasteiger partial charge in [0.05, 0.1) is 0 Å². The van der Waals surface area contributed by atoms with Crippen molar-refractivity contribution in [2.45, 2.75) is 25.7 Å². The second-order valence-electron chi connectivity index (χ2n) is 2.90. The summed E-state index contributed by atoms with van der Waals surface area (Å²) in [7, 11) is 0. The number of halogens is 1. The van der Waals surface area contributed by atoms with Gasteiger partial charge in [-0.15, -0.1) is 0 Å². The first-order valence-corrected chi connectivity index (χ1v) is 4.37. The molecule has 12 heavy (non-hydrogen) atoms. The van der Waals surface area contributed by atoms with E-state index in [9.17, 15) is 4.39 Å². The van der Waals surface area contributed by atoms with Gasteiger partial charge in [-0.25, -0.2) is 4.39 Å². The second kappa shape index (κ2) is 4.91. The Bertz CT molecular complexity index is 230. The standard InChI is InChI=1S/C11H14F/c1-2-3-4-7-10-8-5-6-9-11(10)12/h5-6,8-9H,1-4,7H2. The third kappa shape index (κ3) is 2.65. The van der Waals surface area contributed by atoms with Crippen LogP contribution in [0.15, 0.2) is 24.3 Å². The summed E-state index contributed by atoms with van der Waals surface area (Å²) >= 11 is 0. The van der Waals surface area contributed by atoms with Crippen LogP contribution in [-0.4, -0.2) is 0 Å². The number of rotatable bonds is 4. The molecule has 0 aliphatic rings. The molecule has 0 unspecified atom stereocenters. The molecule has 0 saturated carbocycles. The van der Waals surface area contributed by atoms with E-state index >= 15 is 0 Å². The molecule has 0 aliphatic carbocycles. The van der Waals surface area contributed by atoms with Crippen molar-refractivity contribution >= 4 is 0 Å². The van der Waals surface area contributed by atoms with Gasteiger partial charge in [0.25, 0.3) is 0 Å². The SMILES string of the molecule is [CH2]CCCCc1ccccc1F. The van der Waals surface area contributed by atoms with Gasteiger partial charge in [0, 0.05) is 0 Å². The molecule has 1 rings (SSSR count). The lowest BCUT2D eigenvalue weighted by molar-refractivity contribution is 0.600. The second-order valence-corrected chi connectivity index (χ2v) is 2.90. The Morgan fingerprint density at radius 1 is 1.17 bits per heavy atom. The summed E-state index contributed by atoms with van der Waals surface area (Å²) in [5.41, 5.74) is 0.825.